The molecular weight excluding hydrogens is 240 g/mol. The predicted octanol–water partition coefficient (Wildman–Crippen LogP) is 1.39. The van der Waals surface area contributed by atoms with Gasteiger partial charge in [0.05, 0.1) is 11.9 Å². The van der Waals surface area contributed by atoms with Crippen LogP contribution in [0.25, 0.3) is 0 Å². The van der Waals surface area contributed by atoms with Crippen molar-refractivity contribution in [3.63, 3.8) is 0 Å². The van der Waals surface area contributed by atoms with Crippen LogP contribution in [0.4, 0.5) is 5.95 Å². The Morgan fingerprint density at radius 1 is 1.47 bits per heavy atom. The first-order valence-electron chi connectivity index (χ1n) is 6.95. The topological polar surface area (TPSA) is 42.3 Å². The molecule has 0 amide bonds. The summed E-state index contributed by atoms with van der Waals surface area (Å²) >= 11 is 0. The molecule has 0 aromatic carbocycles. The minimum absolute atomic E-state index is 0.499. The lowest BCUT2D eigenvalue weighted by molar-refractivity contribution is 0.171. The molecule has 0 atom stereocenters. The number of nitrogens with one attached hydrogen (secondary N) is 1. The Hall–Kier alpha value is -1.07. The molecule has 0 spiro atoms. The summed E-state index contributed by atoms with van der Waals surface area (Å²) < 4.78 is 7.32. The Bertz CT molecular complexity index is 410. The molecule has 1 saturated carbocycles. The van der Waals surface area contributed by atoms with Crippen LogP contribution in [0.15, 0.2) is 6.20 Å². The van der Waals surface area contributed by atoms with E-state index >= 15 is 0 Å². The number of nitrogens with zero attached hydrogens (tertiary/aromatic N) is 3. The van der Waals surface area contributed by atoms with E-state index < -0.39 is 0 Å². The highest BCUT2D eigenvalue weighted by molar-refractivity contribution is 5.30. The van der Waals surface area contributed by atoms with Crippen molar-refractivity contribution in [1.29, 1.82) is 0 Å². The first kappa shape index (κ1) is 14.3. The second-order valence-corrected chi connectivity index (χ2v) is 5.85. The minimum Gasteiger partial charge on any atom is -0.385 e. The van der Waals surface area contributed by atoms with Gasteiger partial charge in [0, 0.05) is 47.9 Å². The van der Waals surface area contributed by atoms with Crippen LogP contribution in [0, 0.1) is 5.41 Å². The van der Waals surface area contributed by atoms with Gasteiger partial charge in [0.25, 0.3) is 0 Å². The number of aromatic nitrogens is 2. The fraction of sp³-hybridized carbons (Fsp3) is 0.786. The van der Waals surface area contributed by atoms with E-state index in [9.17, 15) is 0 Å². The van der Waals surface area contributed by atoms with E-state index in [1.807, 2.05) is 25.2 Å². The van der Waals surface area contributed by atoms with Crippen molar-refractivity contribution in [2.75, 3.05) is 39.3 Å². The normalized spacial score (nSPS) is 16.6. The fourth-order valence-electron chi connectivity index (χ4n) is 2.48. The molecule has 5 heteroatoms. The standard InChI is InChI=1S/C14H26N4O/c1-17(2)13-16-10-12(18(13)3)9-15-11-14(5-6-14)7-8-19-4/h10,15H,5-9,11H2,1-4H3. The summed E-state index contributed by atoms with van der Waals surface area (Å²) in [5, 5.41) is 3.57. The summed E-state index contributed by atoms with van der Waals surface area (Å²) in [5.41, 5.74) is 1.73. The van der Waals surface area contributed by atoms with Crippen LogP contribution >= 0.6 is 0 Å². The van der Waals surface area contributed by atoms with Gasteiger partial charge in [-0.15, -0.1) is 0 Å². The third kappa shape index (κ3) is 3.48. The average Bonchev–Trinajstić information content (AvgIpc) is 3.05. The maximum Gasteiger partial charge on any atom is 0.204 e. The Balaban J connectivity index is 1.80. The molecule has 0 bridgehead atoms. The molecule has 0 unspecified atom stereocenters. The fourth-order valence-corrected chi connectivity index (χ4v) is 2.48. The molecule has 1 aliphatic carbocycles. The summed E-state index contributed by atoms with van der Waals surface area (Å²) in [7, 11) is 7.88. The average molecular weight is 266 g/mol. The number of ether oxygens (including phenoxy) is 1. The molecular formula is C14H26N4O. The number of anilines is 1. The third-order valence-electron chi connectivity index (χ3n) is 4.06. The molecule has 0 aliphatic heterocycles. The van der Waals surface area contributed by atoms with Crippen molar-refractivity contribution >= 4 is 5.95 Å². The molecule has 19 heavy (non-hydrogen) atoms. The smallest absolute Gasteiger partial charge is 0.204 e. The summed E-state index contributed by atoms with van der Waals surface area (Å²) in [6.45, 7) is 2.84. The molecule has 5 nitrogen and oxygen atoms in total. The number of hydrogen-bond acceptors (Lipinski definition) is 4. The van der Waals surface area contributed by atoms with Crippen LogP contribution in [-0.2, 0) is 18.3 Å². The van der Waals surface area contributed by atoms with E-state index in [0.717, 1.165) is 25.6 Å². The number of hydrogen-bond donors (Lipinski definition) is 1. The van der Waals surface area contributed by atoms with Crippen molar-refractivity contribution < 1.29 is 4.74 Å². The molecule has 0 saturated heterocycles. The van der Waals surface area contributed by atoms with Crippen LogP contribution in [0.2, 0.25) is 0 Å². The lowest BCUT2D eigenvalue weighted by atomic mass is 10.0. The summed E-state index contributed by atoms with van der Waals surface area (Å²) in [6.07, 6.45) is 5.79. The van der Waals surface area contributed by atoms with Crippen LogP contribution < -0.4 is 10.2 Å². The molecule has 1 heterocycles. The van der Waals surface area contributed by atoms with Gasteiger partial charge in [-0.3, -0.25) is 0 Å². The van der Waals surface area contributed by atoms with Crippen molar-refractivity contribution in [3.05, 3.63) is 11.9 Å². The van der Waals surface area contributed by atoms with E-state index in [0.29, 0.717) is 5.41 Å². The van der Waals surface area contributed by atoms with Crippen molar-refractivity contribution in [2.45, 2.75) is 25.8 Å². The molecule has 108 valence electrons. The van der Waals surface area contributed by atoms with Crippen LogP contribution in [0.1, 0.15) is 25.0 Å². The first-order chi connectivity index (χ1) is 9.08. The van der Waals surface area contributed by atoms with Gasteiger partial charge in [-0.05, 0) is 24.7 Å². The van der Waals surface area contributed by atoms with Gasteiger partial charge in [0.1, 0.15) is 0 Å². The van der Waals surface area contributed by atoms with Gasteiger partial charge in [0.15, 0.2) is 0 Å². The minimum atomic E-state index is 0.499. The monoisotopic (exact) mass is 266 g/mol. The maximum atomic E-state index is 5.18. The SMILES string of the molecule is COCCC1(CNCc2cnc(N(C)C)n2C)CC1. The lowest BCUT2D eigenvalue weighted by Crippen LogP contribution is -2.25. The van der Waals surface area contributed by atoms with Crippen LogP contribution in [0.5, 0.6) is 0 Å². The van der Waals surface area contributed by atoms with E-state index in [-0.39, 0.29) is 0 Å². The zero-order valence-electron chi connectivity index (χ0n) is 12.6. The Labute approximate surface area is 116 Å². The molecule has 2 rings (SSSR count). The Morgan fingerprint density at radius 2 is 2.21 bits per heavy atom. The van der Waals surface area contributed by atoms with Gasteiger partial charge in [-0.25, -0.2) is 4.98 Å². The highest BCUT2D eigenvalue weighted by atomic mass is 16.5. The number of imidazole rings is 1. The molecule has 1 aromatic rings. The second kappa shape index (κ2) is 5.92. The van der Waals surface area contributed by atoms with Gasteiger partial charge < -0.3 is 19.5 Å². The highest BCUT2D eigenvalue weighted by Crippen LogP contribution is 2.48. The van der Waals surface area contributed by atoms with Crippen LogP contribution in [0.3, 0.4) is 0 Å². The van der Waals surface area contributed by atoms with Crippen molar-refractivity contribution in [1.82, 2.24) is 14.9 Å². The first-order valence-corrected chi connectivity index (χ1v) is 6.95. The van der Waals surface area contributed by atoms with Crippen LogP contribution in [-0.4, -0.2) is 43.9 Å². The lowest BCUT2D eigenvalue weighted by Gasteiger charge is -2.16. The van der Waals surface area contributed by atoms with Gasteiger partial charge >= 0.3 is 0 Å². The van der Waals surface area contributed by atoms with Crippen molar-refractivity contribution in [2.24, 2.45) is 12.5 Å². The number of rotatable bonds is 8. The number of methoxy groups -OCH3 is 1. The molecule has 1 aromatic heterocycles. The van der Waals surface area contributed by atoms with E-state index in [4.69, 9.17) is 4.74 Å². The van der Waals surface area contributed by atoms with Gasteiger partial charge in [-0.1, -0.05) is 0 Å². The van der Waals surface area contributed by atoms with Gasteiger partial charge in [-0.2, -0.15) is 0 Å². The predicted molar refractivity (Wildman–Crippen MR) is 77.4 cm³/mol. The zero-order chi connectivity index (χ0) is 13.9. The van der Waals surface area contributed by atoms with Gasteiger partial charge in [0.2, 0.25) is 5.95 Å². The Kier molecular flexibility index (Phi) is 4.47. The van der Waals surface area contributed by atoms with E-state index in [1.54, 1.807) is 7.11 Å². The summed E-state index contributed by atoms with van der Waals surface area (Å²) in [5.74, 6) is 0.998. The highest BCUT2D eigenvalue weighted by Gasteiger charge is 2.41. The van der Waals surface area contributed by atoms with Crippen molar-refractivity contribution in [3.8, 4) is 0 Å². The zero-order valence-corrected chi connectivity index (χ0v) is 12.6. The molecule has 1 aliphatic rings. The largest absolute Gasteiger partial charge is 0.385 e. The molecule has 1 N–H and O–H groups in total. The molecule has 1 fully saturated rings. The molecule has 0 radical (unpaired) electrons. The van der Waals surface area contributed by atoms with E-state index in [1.165, 1.54) is 25.0 Å². The third-order valence-corrected chi connectivity index (χ3v) is 4.06. The maximum absolute atomic E-state index is 5.18. The summed E-state index contributed by atoms with van der Waals surface area (Å²) in [4.78, 5) is 6.46. The quantitative estimate of drug-likeness (QED) is 0.772. The second-order valence-electron chi connectivity index (χ2n) is 5.85. The Morgan fingerprint density at radius 3 is 2.74 bits per heavy atom. The van der Waals surface area contributed by atoms with E-state index in [2.05, 4.69) is 21.9 Å². The summed E-state index contributed by atoms with van der Waals surface area (Å²) in [6, 6.07) is 0.